The number of amides is 1. The zero-order valence-electron chi connectivity index (χ0n) is 17.7. The molecule has 2 saturated heterocycles. The van der Waals surface area contributed by atoms with E-state index in [1.54, 1.807) is 0 Å². The van der Waals surface area contributed by atoms with Gasteiger partial charge in [-0.25, -0.2) is 10.9 Å². The van der Waals surface area contributed by atoms with Gasteiger partial charge in [0.15, 0.2) is 0 Å². The van der Waals surface area contributed by atoms with Gasteiger partial charge < -0.3 is 14.5 Å². The Kier molecular flexibility index (Phi) is 6.87. The first-order chi connectivity index (χ1) is 14.8. The molecule has 2 atom stereocenters. The quantitative estimate of drug-likeness (QED) is 0.690. The number of nitrogens with one attached hydrogen (secondary N) is 2. The van der Waals surface area contributed by atoms with Crippen LogP contribution in [0.4, 0.5) is 5.69 Å². The van der Waals surface area contributed by atoms with E-state index in [4.69, 9.17) is 4.74 Å². The van der Waals surface area contributed by atoms with Crippen molar-refractivity contribution in [2.24, 2.45) is 0 Å². The molecule has 2 aliphatic rings. The van der Waals surface area contributed by atoms with Crippen LogP contribution in [0.1, 0.15) is 37.8 Å². The number of ether oxygens (including phenoxy) is 1. The summed E-state index contributed by atoms with van der Waals surface area (Å²) in [6.07, 6.45) is 2.88. The van der Waals surface area contributed by atoms with Gasteiger partial charge in [-0.1, -0.05) is 49.7 Å². The van der Waals surface area contributed by atoms with Crippen LogP contribution in [0.25, 0.3) is 0 Å². The Balaban J connectivity index is 1.32. The van der Waals surface area contributed by atoms with Crippen molar-refractivity contribution in [1.82, 2.24) is 15.8 Å². The molecular weight excluding hydrogens is 376 g/mol. The predicted molar refractivity (Wildman–Crippen MR) is 119 cm³/mol. The fourth-order valence-corrected chi connectivity index (χ4v) is 4.19. The lowest BCUT2D eigenvalue weighted by molar-refractivity contribution is -0.133. The molecule has 0 radical (unpaired) electrons. The van der Waals surface area contributed by atoms with Crippen molar-refractivity contribution < 1.29 is 9.53 Å². The molecule has 2 aliphatic heterocycles. The van der Waals surface area contributed by atoms with E-state index in [0.717, 1.165) is 63.4 Å². The molecule has 2 N–H and O–H groups in total. The molecule has 2 unspecified atom stereocenters. The summed E-state index contributed by atoms with van der Waals surface area (Å²) < 4.78 is 5.99. The summed E-state index contributed by atoms with van der Waals surface area (Å²) >= 11 is 0. The molecule has 2 heterocycles. The third-order valence-electron chi connectivity index (χ3n) is 5.96. The molecule has 4 rings (SSSR count). The number of nitrogens with zero attached hydrogens (tertiary/aromatic N) is 2. The predicted octanol–water partition coefficient (Wildman–Crippen LogP) is 3.12. The number of carbonyl (C=O) groups excluding carboxylic acids is 1. The Morgan fingerprint density at radius 3 is 2.50 bits per heavy atom. The SMILES string of the molecule is CCCCOc1ccccc1C1CC(C(=O)N2CCN(c3ccccc3)CC2)NN1. The number of unbranched alkanes of at least 4 members (excludes halogenated alkanes) is 1. The van der Waals surface area contributed by atoms with E-state index in [1.165, 1.54) is 5.69 Å². The summed E-state index contributed by atoms with van der Waals surface area (Å²) in [5.41, 5.74) is 8.89. The lowest BCUT2D eigenvalue weighted by Gasteiger charge is -2.37. The van der Waals surface area contributed by atoms with Gasteiger partial charge in [0, 0.05) is 37.4 Å². The zero-order valence-corrected chi connectivity index (χ0v) is 17.7. The van der Waals surface area contributed by atoms with Crippen LogP contribution in [0.15, 0.2) is 54.6 Å². The summed E-state index contributed by atoms with van der Waals surface area (Å²) in [7, 11) is 0. The number of hydrazine groups is 1. The van der Waals surface area contributed by atoms with Crippen LogP contribution in [-0.4, -0.2) is 49.6 Å². The highest BCUT2D eigenvalue weighted by molar-refractivity contribution is 5.82. The van der Waals surface area contributed by atoms with Crippen molar-refractivity contribution in [3.8, 4) is 5.75 Å². The molecule has 0 aliphatic carbocycles. The van der Waals surface area contributed by atoms with Gasteiger partial charge in [-0.3, -0.25) is 4.79 Å². The largest absolute Gasteiger partial charge is 0.493 e. The maximum atomic E-state index is 13.1. The van der Waals surface area contributed by atoms with Crippen molar-refractivity contribution >= 4 is 11.6 Å². The van der Waals surface area contributed by atoms with Gasteiger partial charge in [0.2, 0.25) is 5.91 Å². The van der Waals surface area contributed by atoms with Crippen LogP contribution < -0.4 is 20.5 Å². The van der Waals surface area contributed by atoms with Crippen molar-refractivity contribution in [3.63, 3.8) is 0 Å². The van der Waals surface area contributed by atoms with E-state index in [0.29, 0.717) is 0 Å². The summed E-state index contributed by atoms with van der Waals surface area (Å²) in [6.45, 7) is 6.14. The van der Waals surface area contributed by atoms with Crippen LogP contribution >= 0.6 is 0 Å². The van der Waals surface area contributed by atoms with E-state index in [9.17, 15) is 4.79 Å². The van der Waals surface area contributed by atoms with E-state index in [1.807, 2.05) is 29.2 Å². The number of para-hydroxylation sites is 2. The summed E-state index contributed by atoms with van der Waals surface area (Å²) in [6, 6.07) is 18.4. The van der Waals surface area contributed by atoms with Gasteiger partial charge >= 0.3 is 0 Å². The summed E-state index contributed by atoms with van der Waals surface area (Å²) in [5, 5.41) is 0. The van der Waals surface area contributed by atoms with Gasteiger partial charge in [-0.15, -0.1) is 0 Å². The maximum Gasteiger partial charge on any atom is 0.241 e. The van der Waals surface area contributed by atoms with E-state index in [2.05, 4.69) is 53.0 Å². The molecule has 0 saturated carbocycles. The minimum absolute atomic E-state index is 0.0717. The zero-order chi connectivity index (χ0) is 20.8. The molecule has 6 nitrogen and oxygen atoms in total. The molecule has 160 valence electrons. The van der Waals surface area contributed by atoms with E-state index >= 15 is 0 Å². The van der Waals surface area contributed by atoms with Gasteiger partial charge in [0.1, 0.15) is 11.8 Å². The highest BCUT2D eigenvalue weighted by Crippen LogP contribution is 2.31. The molecule has 1 amide bonds. The minimum Gasteiger partial charge on any atom is -0.493 e. The second kappa shape index (κ2) is 9.96. The number of benzene rings is 2. The number of piperazine rings is 1. The maximum absolute atomic E-state index is 13.1. The molecule has 0 bridgehead atoms. The first-order valence-electron chi connectivity index (χ1n) is 11.1. The molecule has 0 aromatic heterocycles. The molecule has 0 spiro atoms. The molecule has 2 aromatic rings. The average Bonchev–Trinajstić information content (AvgIpc) is 3.30. The van der Waals surface area contributed by atoms with Crippen LogP contribution in [-0.2, 0) is 4.79 Å². The first kappa shape index (κ1) is 20.7. The topological polar surface area (TPSA) is 56.8 Å². The number of hydrogen-bond donors (Lipinski definition) is 2. The summed E-state index contributed by atoms with van der Waals surface area (Å²) in [4.78, 5) is 17.4. The lowest BCUT2D eigenvalue weighted by atomic mass is 10.0. The van der Waals surface area contributed by atoms with Crippen molar-refractivity contribution in [2.45, 2.75) is 38.3 Å². The Labute approximate surface area is 179 Å². The normalized spacial score (nSPS) is 21.6. The van der Waals surface area contributed by atoms with E-state index in [-0.39, 0.29) is 18.0 Å². The minimum atomic E-state index is -0.207. The van der Waals surface area contributed by atoms with Crippen LogP contribution in [0, 0.1) is 0 Å². The molecule has 6 heteroatoms. The fourth-order valence-electron chi connectivity index (χ4n) is 4.19. The molecule has 2 fully saturated rings. The second-order valence-corrected chi connectivity index (χ2v) is 8.02. The van der Waals surface area contributed by atoms with Gasteiger partial charge in [0.05, 0.1) is 12.6 Å². The molecule has 2 aromatic carbocycles. The standard InChI is InChI=1S/C24H32N4O2/c1-2-3-17-30-23-12-8-7-11-20(23)21-18-22(26-25-21)24(29)28-15-13-27(14-16-28)19-9-5-4-6-10-19/h4-12,21-22,25-26H,2-3,13-18H2,1H3. The summed E-state index contributed by atoms with van der Waals surface area (Å²) in [5.74, 6) is 1.09. The number of hydrogen-bond acceptors (Lipinski definition) is 5. The van der Waals surface area contributed by atoms with Gasteiger partial charge in [-0.05, 0) is 31.0 Å². The number of rotatable bonds is 7. The van der Waals surface area contributed by atoms with Gasteiger partial charge in [0.25, 0.3) is 0 Å². The first-order valence-corrected chi connectivity index (χ1v) is 11.1. The van der Waals surface area contributed by atoms with E-state index < -0.39 is 0 Å². The van der Waals surface area contributed by atoms with Crippen LogP contribution in [0.3, 0.4) is 0 Å². The molecular formula is C24H32N4O2. The lowest BCUT2D eigenvalue weighted by Crippen LogP contribution is -2.53. The van der Waals surface area contributed by atoms with Crippen molar-refractivity contribution in [3.05, 3.63) is 60.2 Å². The van der Waals surface area contributed by atoms with Crippen LogP contribution in [0.2, 0.25) is 0 Å². The van der Waals surface area contributed by atoms with Gasteiger partial charge in [-0.2, -0.15) is 0 Å². The highest BCUT2D eigenvalue weighted by atomic mass is 16.5. The highest BCUT2D eigenvalue weighted by Gasteiger charge is 2.35. The molecule has 30 heavy (non-hydrogen) atoms. The third kappa shape index (κ3) is 4.77. The Morgan fingerprint density at radius 1 is 1.00 bits per heavy atom. The van der Waals surface area contributed by atoms with Crippen molar-refractivity contribution in [1.29, 1.82) is 0 Å². The average molecular weight is 409 g/mol. The number of anilines is 1. The number of carbonyl (C=O) groups is 1. The Morgan fingerprint density at radius 2 is 1.73 bits per heavy atom. The fraction of sp³-hybridized carbons (Fsp3) is 0.458. The van der Waals surface area contributed by atoms with Crippen molar-refractivity contribution in [2.75, 3.05) is 37.7 Å². The smallest absolute Gasteiger partial charge is 0.241 e. The van der Waals surface area contributed by atoms with Crippen LogP contribution in [0.5, 0.6) is 5.75 Å². The monoisotopic (exact) mass is 408 g/mol. The Hall–Kier alpha value is -2.57. The second-order valence-electron chi connectivity index (χ2n) is 8.02. The Bertz CT molecular complexity index is 821. The third-order valence-corrected chi connectivity index (χ3v) is 5.96.